The van der Waals surface area contributed by atoms with E-state index >= 15 is 0 Å². The molecule has 0 aromatic heterocycles. The highest BCUT2D eigenvalue weighted by Gasteiger charge is 2.39. The van der Waals surface area contributed by atoms with Gasteiger partial charge in [0.05, 0.1) is 4.92 Å². The summed E-state index contributed by atoms with van der Waals surface area (Å²) < 4.78 is 0. The monoisotopic (exact) mass is 242 g/mol. The molecular formula is C9H10N2O6. The van der Waals surface area contributed by atoms with Crippen LogP contribution >= 0.6 is 0 Å². The number of nitrogens with zero attached hydrogens (tertiary/aromatic N) is 2. The van der Waals surface area contributed by atoms with E-state index in [9.17, 15) is 25.2 Å². The van der Waals surface area contributed by atoms with Crippen LogP contribution in [0.15, 0.2) is 23.6 Å². The van der Waals surface area contributed by atoms with Gasteiger partial charge in [-0.2, -0.15) is 0 Å². The topological polar surface area (TPSA) is 127 Å². The first kappa shape index (κ1) is 12.7. The van der Waals surface area contributed by atoms with E-state index in [4.69, 9.17) is 5.21 Å². The van der Waals surface area contributed by atoms with E-state index in [0.717, 1.165) is 12.2 Å². The molecule has 1 aliphatic rings. The summed E-state index contributed by atoms with van der Waals surface area (Å²) in [4.78, 5) is 19.7. The van der Waals surface area contributed by atoms with Crippen molar-refractivity contribution >= 4 is 12.0 Å². The van der Waals surface area contributed by atoms with E-state index in [2.05, 4.69) is 0 Å². The largest absolute Gasteiger partial charge is 0.502 e. The van der Waals surface area contributed by atoms with Crippen molar-refractivity contribution in [1.29, 1.82) is 0 Å². The van der Waals surface area contributed by atoms with Gasteiger partial charge < -0.3 is 15.1 Å². The van der Waals surface area contributed by atoms with E-state index < -0.39 is 27.2 Å². The van der Waals surface area contributed by atoms with Gasteiger partial charge in [-0.3, -0.25) is 15.3 Å². The Morgan fingerprint density at radius 1 is 1.41 bits per heavy atom. The zero-order chi connectivity index (χ0) is 13.0. The second-order valence-corrected chi connectivity index (χ2v) is 3.36. The third kappa shape index (κ3) is 2.60. The van der Waals surface area contributed by atoms with Crippen LogP contribution in [0.1, 0.15) is 12.8 Å². The first-order valence-corrected chi connectivity index (χ1v) is 4.71. The highest BCUT2D eigenvalue weighted by atomic mass is 16.8. The second-order valence-electron chi connectivity index (χ2n) is 3.36. The molecule has 1 aliphatic carbocycles. The van der Waals surface area contributed by atoms with Gasteiger partial charge in [0.2, 0.25) is 0 Å². The Balaban J connectivity index is 3.20. The summed E-state index contributed by atoms with van der Waals surface area (Å²) in [5, 5.41) is 39.7. The zero-order valence-corrected chi connectivity index (χ0v) is 8.65. The predicted molar refractivity (Wildman–Crippen MR) is 55.0 cm³/mol. The molecule has 0 radical (unpaired) electrons. The van der Waals surface area contributed by atoms with Crippen LogP contribution < -0.4 is 0 Å². The second kappa shape index (κ2) is 5.10. The normalized spacial score (nSPS) is 22.5. The molecule has 1 unspecified atom stereocenters. The molecule has 0 aromatic rings. The Morgan fingerprint density at radius 3 is 2.53 bits per heavy atom. The number of aliphatic hydroxyl groups is 1. The van der Waals surface area contributed by atoms with Gasteiger partial charge in [0, 0.05) is 17.4 Å². The molecule has 1 atom stereocenters. The Labute approximate surface area is 95.5 Å². The molecule has 0 saturated carbocycles. The lowest BCUT2D eigenvalue weighted by atomic mass is 9.90. The quantitative estimate of drug-likeness (QED) is 0.243. The van der Waals surface area contributed by atoms with E-state index in [1.807, 2.05) is 0 Å². The summed E-state index contributed by atoms with van der Waals surface area (Å²) in [6, 6.07) is 0. The molecule has 0 fully saturated rings. The minimum atomic E-state index is -1.11. The molecule has 92 valence electrons. The van der Waals surface area contributed by atoms with Crippen molar-refractivity contribution in [3.05, 3.63) is 38.9 Å². The summed E-state index contributed by atoms with van der Waals surface area (Å²) in [6.45, 7) is 0. The lowest BCUT2D eigenvalue weighted by Crippen LogP contribution is -2.29. The maximum absolute atomic E-state index is 10.8. The molecule has 8 nitrogen and oxygen atoms in total. The number of carbonyl (C=O) groups excluding carboxylic acids is 1. The molecule has 2 N–H and O–H groups in total. The fourth-order valence-electron chi connectivity index (χ4n) is 1.62. The van der Waals surface area contributed by atoms with Gasteiger partial charge in [0.15, 0.2) is 5.76 Å². The third-order valence-electron chi connectivity index (χ3n) is 2.35. The smallest absolute Gasteiger partial charge is 0.301 e. The maximum atomic E-state index is 10.8. The van der Waals surface area contributed by atoms with Crippen molar-refractivity contribution in [1.82, 2.24) is 0 Å². The van der Waals surface area contributed by atoms with Gasteiger partial charge in [-0.15, -0.1) is 0 Å². The van der Waals surface area contributed by atoms with Crippen molar-refractivity contribution in [3.63, 3.8) is 0 Å². The molecule has 0 saturated heterocycles. The SMILES string of the molecule is O=CCCC1C([N+](=O)[O-])=C(O)C=CC1=[N+]([O-])O. The number of hydrogen-bond donors (Lipinski definition) is 2. The summed E-state index contributed by atoms with van der Waals surface area (Å²) in [5.74, 6) is -1.70. The van der Waals surface area contributed by atoms with Crippen LogP contribution in [0.25, 0.3) is 0 Å². The maximum Gasteiger partial charge on any atom is 0.301 e. The van der Waals surface area contributed by atoms with Crippen LogP contribution in [0.5, 0.6) is 0 Å². The molecule has 0 amide bonds. The molecule has 1 rings (SSSR count). The molecule has 0 aromatic carbocycles. The van der Waals surface area contributed by atoms with Crippen molar-refractivity contribution in [2.75, 3.05) is 0 Å². The van der Waals surface area contributed by atoms with E-state index in [1.165, 1.54) is 0 Å². The molecule has 17 heavy (non-hydrogen) atoms. The van der Waals surface area contributed by atoms with E-state index in [-0.39, 0.29) is 18.6 Å². The molecule has 0 aliphatic heterocycles. The van der Waals surface area contributed by atoms with Crippen LogP contribution in [0, 0.1) is 21.2 Å². The van der Waals surface area contributed by atoms with Crippen LogP contribution in [0.3, 0.4) is 0 Å². The number of aldehydes is 1. The minimum absolute atomic E-state index is 0.0273. The van der Waals surface area contributed by atoms with Crippen molar-refractivity contribution < 1.29 is 24.9 Å². The molecule has 0 bridgehead atoms. The Kier molecular flexibility index (Phi) is 3.81. The van der Waals surface area contributed by atoms with Crippen LogP contribution in [-0.4, -0.2) is 32.1 Å². The highest BCUT2D eigenvalue weighted by molar-refractivity contribution is 5.96. The van der Waals surface area contributed by atoms with Gasteiger partial charge >= 0.3 is 5.70 Å². The molecular weight excluding hydrogens is 232 g/mol. The molecule has 8 heteroatoms. The fraction of sp³-hybridized carbons (Fsp3) is 0.333. The van der Waals surface area contributed by atoms with Gasteiger partial charge in [-0.1, -0.05) is 0 Å². The standard InChI is InChI=1S/C9H10N2O6/c12-5-1-2-6-7(10(14)15)3-4-8(13)9(6)11(16)17/h3-6,13H,1-2H2,(H,14,15). The van der Waals surface area contributed by atoms with Crippen LogP contribution in [-0.2, 0) is 4.79 Å². The van der Waals surface area contributed by atoms with Gasteiger partial charge in [0.25, 0.3) is 5.71 Å². The lowest BCUT2D eigenvalue weighted by Gasteiger charge is -2.14. The minimum Gasteiger partial charge on any atom is -0.502 e. The summed E-state index contributed by atoms with van der Waals surface area (Å²) in [7, 11) is 0. The van der Waals surface area contributed by atoms with Crippen molar-refractivity contribution in [2.24, 2.45) is 5.92 Å². The number of aliphatic hydroxyl groups excluding tert-OH is 1. The van der Waals surface area contributed by atoms with Crippen molar-refractivity contribution in [2.45, 2.75) is 12.8 Å². The number of carbonyl (C=O) groups is 1. The highest BCUT2D eigenvalue weighted by Crippen LogP contribution is 2.26. The average molecular weight is 242 g/mol. The van der Waals surface area contributed by atoms with Gasteiger partial charge in [-0.25, -0.2) is 0 Å². The average Bonchev–Trinajstić information content (AvgIpc) is 2.25. The van der Waals surface area contributed by atoms with Crippen molar-refractivity contribution in [3.8, 4) is 0 Å². The van der Waals surface area contributed by atoms with E-state index in [1.54, 1.807) is 0 Å². The number of rotatable bonds is 4. The Bertz CT molecular complexity index is 433. The number of nitro groups is 1. The number of allylic oxidation sites excluding steroid dienone is 3. The fourth-order valence-corrected chi connectivity index (χ4v) is 1.62. The zero-order valence-electron chi connectivity index (χ0n) is 8.65. The Hall–Kier alpha value is -2.38. The van der Waals surface area contributed by atoms with E-state index in [0.29, 0.717) is 6.29 Å². The summed E-state index contributed by atoms with van der Waals surface area (Å²) in [6.07, 6.45) is 2.50. The van der Waals surface area contributed by atoms with Crippen LogP contribution in [0.2, 0.25) is 0 Å². The first-order chi connectivity index (χ1) is 7.99. The molecule has 0 spiro atoms. The van der Waals surface area contributed by atoms with Crippen LogP contribution in [0.4, 0.5) is 0 Å². The first-order valence-electron chi connectivity index (χ1n) is 4.71. The third-order valence-corrected chi connectivity index (χ3v) is 2.35. The Morgan fingerprint density at radius 2 is 2.06 bits per heavy atom. The summed E-state index contributed by atoms with van der Waals surface area (Å²) >= 11 is 0. The predicted octanol–water partition coefficient (Wildman–Crippen LogP) is 0.538. The summed E-state index contributed by atoms with van der Waals surface area (Å²) in [5.41, 5.74) is -0.879. The van der Waals surface area contributed by atoms with Gasteiger partial charge in [0.1, 0.15) is 12.2 Å². The number of hydrogen-bond acceptors (Lipinski definition) is 6. The lowest BCUT2D eigenvalue weighted by molar-refractivity contribution is -0.727. The molecule has 0 heterocycles. The van der Waals surface area contributed by atoms with Gasteiger partial charge in [-0.05, 0) is 12.5 Å².